The quantitative estimate of drug-likeness (QED) is 0.338. The summed E-state index contributed by atoms with van der Waals surface area (Å²) in [5, 5.41) is 34.6. The predicted octanol–water partition coefficient (Wildman–Crippen LogP) is 0.868. The Morgan fingerprint density at radius 2 is 1.74 bits per heavy atom. The highest BCUT2D eigenvalue weighted by atomic mass is 35.5. The number of nitrogens with zero attached hydrogens (tertiary/aromatic N) is 1. The molecule has 0 spiro atoms. The molecular formula is C19H20ClN3O7S. The molecule has 0 atom stereocenters. The Bertz CT molecular complexity index is 1070. The minimum atomic E-state index is -1.38. The number of carboxylic acids is 1. The second-order valence-electron chi connectivity index (χ2n) is 6.23. The third-order valence-corrected chi connectivity index (χ3v) is 5.13. The second-order valence-corrected chi connectivity index (χ2v) is 7.62. The normalized spacial score (nSPS) is 10.5. The molecule has 0 saturated heterocycles. The highest BCUT2D eigenvalue weighted by Gasteiger charge is 2.30. The maximum atomic E-state index is 12.9. The van der Waals surface area contributed by atoms with Crippen LogP contribution < -0.4 is 16.2 Å². The molecule has 0 aliphatic heterocycles. The Kier molecular flexibility index (Phi) is 8.34. The van der Waals surface area contributed by atoms with Crippen LogP contribution in [0.25, 0.3) is 0 Å². The lowest BCUT2D eigenvalue weighted by Crippen LogP contribution is -2.37. The predicted molar refractivity (Wildman–Crippen MR) is 115 cm³/mol. The molecule has 5 N–H and O–H groups in total. The number of carbonyl (C=O) groups excluding carboxylic acids is 2. The minimum absolute atomic E-state index is 0.197. The first-order valence-corrected chi connectivity index (χ1v) is 10.7. The van der Waals surface area contributed by atoms with E-state index < -0.39 is 52.6 Å². The van der Waals surface area contributed by atoms with Crippen LogP contribution in [0.15, 0.2) is 29.1 Å². The van der Waals surface area contributed by atoms with Gasteiger partial charge in [0.05, 0.1) is 6.54 Å². The first-order valence-electron chi connectivity index (χ1n) is 8.88. The van der Waals surface area contributed by atoms with Gasteiger partial charge >= 0.3 is 5.97 Å². The third-order valence-electron chi connectivity index (χ3n) is 4.14. The molecule has 1 aromatic heterocycles. The lowest BCUT2D eigenvalue weighted by atomic mass is 10.1. The third kappa shape index (κ3) is 5.70. The van der Waals surface area contributed by atoms with E-state index in [2.05, 4.69) is 5.32 Å². The van der Waals surface area contributed by atoms with Gasteiger partial charge in [0.2, 0.25) is 5.88 Å². The second kappa shape index (κ2) is 10.7. The number of aromatic hydroxyl groups is 2. The van der Waals surface area contributed by atoms with Crippen molar-refractivity contribution in [2.24, 2.45) is 0 Å². The van der Waals surface area contributed by atoms with Crippen molar-refractivity contribution < 1.29 is 29.7 Å². The lowest BCUT2D eigenvalue weighted by Gasteiger charge is -2.17. The van der Waals surface area contributed by atoms with E-state index in [0.717, 1.165) is 0 Å². The van der Waals surface area contributed by atoms with E-state index in [0.29, 0.717) is 15.9 Å². The monoisotopic (exact) mass is 469 g/mol. The van der Waals surface area contributed by atoms with E-state index in [9.17, 15) is 29.4 Å². The van der Waals surface area contributed by atoms with Crippen molar-refractivity contribution in [1.82, 2.24) is 15.2 Å². The molecule has 2 amide bonds. The van der Waals surface area contributed by atoms with Crippen molar-refractivity contribution in [3.05, 3.63) is 56.3 Å². The summed E-state index contributed by atoms with van der Waals surface area (Å²) in [5.74, 6) is -4.88. The maximum absolute atomic E-state index is 12.9. The molecule has 0 aliphatic rings. The smallest absolute Gasteiger partial charge is 0.322 e. The van der Waals surface area contributed by atoms with Crippen molar-refractivity contribution >= 4 is 41.1 Å². The van der Waals surface area contributed by atoms with Crippen LogP contribution in [-0.2, 0) is 11.3 Å². The molecule has 2 rings (SSSR count). The van der Waals surface area contributed by atoms with Gasteiger partial charge in [-0.3, -0.25) is 23.7 Å². The number of nitrogens with one attached hydrogen (secondary N) is 2. The first kappa shape index (κ1) is 24.1. The van der Waals surface area contributed by atoms with Crippen molar-refractivity contribution in [2.45, 2.75) is 6.54 Å². The van der Waals surface area contributed by atoms with Crippen LogP contribution in [0.1, 0.15) is 26.3 Å². The number of hydrogen-bond acceptors (Lipinski definition) is 7. The molecule has 166 valence electrons. The number of pyridine rings is 1. The van der Waals surface area contributed by atoms with Gasteiger partial charge < -0.3 is 26.0 Å². The molecule has 1 aromatic carbocycles. The SMILES string of the molecule is CSCCNC(=O)c1c(O)c(C(=O)NCC(=O)O)c(=O)n(Cc2ccccc2Cl)c1O. The minimum Gasteiger partial charge on any atom is -0.506 e. The maximum Gasteiger partial charge on any atom is 0.322 e. The van der Waals surface area contributed by atoms with Gasteiger partial charge in [-0.2, -0.15) is 11.8 Å². The van der Waals surface area contributed by atoms with Crippen LogP contribution in [0.5, 0.6) is 11.6 Å². The van der Waals surface area contributed by atoms with Crippen LogP contribution >= 0.6 is 23.4 Å². The summed E-state index contributed by atoms with van der Waals surface area (Å²) < 4.78 is 0.708. The lowest BCUT2D eigenvalue weighted by molar-refractivity contribution is -0.135. The van der Waals surface area contributed by atoms with Crippen molar-refractivity contribution in [3.63, 3.8) is 0 Å². The van der Waals surface area contributed by atoms with Crippen LogP contribution in [0.3, 0.4) is 0 Å². The number of aliphatic carboxylic acids is 1. The fraction of sp³-hybridized carbons (Fsp3) is 0.263. The summed E-state index contributed by atoms with van der Waals surface area (Å²) >= 11 is 7.56. The number of thioether (sulfide) groups is 1. The standard InChI is InChI=1S/C19H20ClN3O7S/c1-31-7-6-21-16(27)13-15(26)14(17(28)22-8-12(24)25)19(30)23(18(13)29)9-10-4-2-3-5-11(10)20/h2-5,26,29H,6-9H2,1H3,(H,21,27)(H,22,28)(H,24,25). The largest absolute Gasteiger partial charge is 0.506 e. The molecule has 0 unspecified atom stereocenters. The summed E-state index contributed by atoms with van der Waals surface area (Å²) in [5.41, 5.74) is -2.29. The molecule has 2 aromatic rings. The first-order chi connectivity index (χ1) is 14.7. The molecule has 0 bridgehead atoms. The average Bonchev–Trinajstić information content (AvgIpc) is 2.71. The highest BCUT2D eigenvalue weighted by molar-refractivity contribution is 7.98. The number of amides is 2. The molecule has 31 heavy (non-hydrogen) atoms. The Balaban J connectivity index is 2.63. The molecule has 10 nitrogen and oxygen atoms in total. The number of rotatable bonds is 9. The van der Waals surface area contributed by atoms with Crippen molar-refractivity contribution in [1.29, 1.82) is 0 Å². The van der Waals surface area contributed by atoms with Gasteiger partial charge in [0.25, 0.3) is 17.4 Å². The van der Waals surface area contributed by atoms with Gasteiger partial charge in [0.15, 0.2) is 5.75 Å². The van der Waals surface area contributed by atoms with E-state index in [1.165, 1.54) is 11.8 Å². The van der Waals surface area contributed by atoms with Crippen LogP contribution in [0.2, 0.25) is 5.02 Å². The Morgan fingerprint density at radius 1 is 1.10 bits per heavy atom. The molecule has 1 heterocycles. The van der Waals surface area contributed by atoms with Crippen LogP contribution in [0.4, 0.5) is 0 Å². The van der Waals surface area contributed by atoms with E-state index in [-0.39, 0.29) is 18.1 Å². The van der Waals surface area contributed by atoms with Gasteiger partial charge in [-0.25, -0.2) is 0 Å². The zero-order valence-electron chi connectivity index (χ0n) is 16.3. The van der Waals surface area contributed by atoms with Crippen LogP contribution in [0, 0.1) is 0 Å². The summed E-state index contributed by atoms with van der Waals surface area (Å²) in [6.07, 6.45) is 1.82. The summed E-state index contributed by atoms with van der Waals surface area (Å²) in [6, 6.07) is 6.42. The highest BCUT2D eigenvalue weighted by Crippen LogP contribution is 2.29. The van der Waals surface area contributed by atoms with E-state index >= 15 is 0 Å². The average molecular weight is 470 g/mol. The van der Waals surface area contributed by atoms with Crippen molar-refractivity contribution in [3.8, 4) is 11.6 Å². The Hall–Kier alpha value is -3.18. The number of carbonyl (C=O) groups is 3. The number of carboxylic acid groups (broad SMARTS) is 1. The van der Waals surface area contributed by atoms with Gasteiger partial charge in [-0.1, -0.05) is 29.8 Å². The zero-order chi connectivity index (χ0) is 23.1. The van der Waals surface area contributed by atoms with E-state index in [1.807, 2.05) is 11.6 Å². The van der Waals surface area contributed by atoms with Crippen LogP contribution in [-0.4, -0.2) is 62.8 Å². The summed E-state index contributed by atoms with van der Waals surface area (Å²) in [7, 11) is 0. The molecule has 12 heteroatoms. The zero-order valence-corrected chi connectivity index (χ0v) is 17.9. The van der Waals surface area contributed by atoms with Crippen molar-refractivity contribution in [2.75, 3.05) is 25.1 Å². The number of halogens is 1. The van der Waals surface area contributed by atoms with Gasteiger partial charge in [0.1, 0.15) is 17.7 Å². The fourth-order valence-corrected chi connectivity index (χ4v) is 3.16. The molecule has 0 aliphatic carbocycles. The molecular weight excluding hydrogens is 450 g/mol. The molecule has 0 radical (unpaired) electrons. The Morgan fingerprint density at radius 3 is 2.35 bits per heavy atom. The number of hydrogen-bond donors (Lipinski definition) is 5. The fourth-order valence-electron chi connectivity index (χ4n) is 2.65. The van der Waals surface area contributed by atoms with E-state index in [4.69, 9.17) is 16.7 Å². The number of benzene rings is 1. The number of aromatic nitrogens is 1. The molecule has 0 saturated carbocycles. The van der Waals surface area contributed by atoms with Gasteiger partial charge in [-0.05, 0) is 17.9 Å². The topological polar surface area (TPSA) is 158 Å². The Labute approximate surface area is 185 Å². The molecule has 0 fully saturated rings. The summed E-state index contributed by atoms with van der Waals surface area (Å²) in [4.78, 5) is 48.6. The summed E-state index contributed by atoms with van der Waals surface area (Å²) in [6.45, 7) is -0.934. The van der Waals surface area contributed by atoms with Gasteiger partial charge in [0, 0.05) is 17.3 Å². The van der Waals surface area contributed by atoms with E-state index in [1.54, 1.807) is 24.3 Å². The van der Waals surface area contributed by atoms with Gasteiger partial charge in [-0.15, -0.1) is 0 Å².